The number of nitrogens with zero attached hydrogens (tertiary/aromatic N) is 3. The van der Waals surface area contributed by atoms with Crippen LogP contribution in [0.15, 0.2) is 47.1 Å². The molecule has 94 valence electrons. The molecule has 1 atom stereocenters. The Bertz CT molecular complexity index is 486. The van der Waals surface area contributed by atoms with E-state index in [0.29, 0.717) is 6.04 Å². The monoisotopic (exact) mass is 242 g/mol. The summed E-state index contributed by atoms with van der Waals surface area (Å²) in [6.45, 7) is 2.22. The number of hydrogen-bond donors (Lipinski definition) is 0. The lowest BCUT2D eigenvalue weighted by Gasteiger charge is -2.15. The van der Waals surface area contributed by atoms with Gasteiger partial charge in [-0.3, -0.25) is 5.01 Å². The van der Waals surface area contributed by atoms with Gasteiger partial charge in [0.15, 0.2) is 12.3 Å². The highest BCUT2D eigenvalue weighted by Crippen LogP contribution is 2.13. The smallest absolute Gasteiger partial charge is 0.163 e. The van der Waals surface area contributed by atoms with Gasteiger partial charge < -0.3 is 0 Å². The van der Waals surface area contributed by atoms with E-state index in [0.717, 1.165) is 12.1 Å². The van der Waals surface area contributed by atoms with E-state index in [9.17, 15) is 0 Å². The van der Waals surface area contributed by atoms with Crippen molar-refractivity contribution in [2.24, 2.45) is 5.10 Å². The molecule has 0 fully saturated rings. The highest BCUT2D eigenvalue weighted by molar-refractivity contribution is 5.86. The summed E-state index contributed by atoms with van der Waals surface area (Å²) < 4.78 is 2.22. The van der Waals surface area contributed by atoms with Gasteiger partial charge in [-0.25, -0.2) is 4.58 Å². The van der Waals surface area contributed by atoms with Crippen LogP contribution in [0, 0.1) is 0 Å². The third-order valence-corrected chi connectivity index (χ3v) is 3.28. The fraction of sp³-hybridized carbons (Fsp3) is 0.333. The van der Waals surface area contributed by atoms with Gasteiger partial charge in [-0.1, -0.05) is 18.2 Å². The molecule has 18 heavy (non-hydrogen) atoms. The average molecular weight is 242 g/mol. The van der Waals surface area contributed by atoms with Crippen LogP contribution in [0.5, 0.6) is 0 Å². The highest BCUT2D eigenvalue weighted by atomic mass is 15.4. The van der Waals surface area contributed by atoms with Crippen molar-refractivity contribution in [1.82, 2.24) is 0 Å². The predicted octanol–water partition coefficient (Wildman–Crippen LogP) is 2.54. The molecule has 0 saturated carbocycles. The van der Waals surface area contributed by atoms with Gasteiger partial charge in [-0.05, 0) is 24.6 Å². The molecular weight excluding hydrogens is 222 g/mol. The van der Waals surface area contributed by atoms with E-state index in [2.05, 4.69) is 48.1 Å². The Hall–Kier alpha value is -1.90. The Morgan fingerprint density at radius 3 is 2.72 bits per heavy atom. The summed E-state index contributed by atoms with van der Waals surface area (Å²) >= 11 is 0. The average Bonchev–Trinajstić information content (AvgIpc) is 2.41. The van der Waals surface area contributed by atoms with E-state index < -0.39 is 0 Å². The van der Waals surface area contributed by atoms with Crippen molar-refractivity contribution < 1.29 is 4.58 Å². The van der Waals surface area contributed by atoms with Crippen LogP contribution >= 0.6 is 0 Å². The standard InChI is InChI=1S/C15H20N3/c1-13-11-14(9-10-17(13)2)12-16-18(3)15-7-5-4-6-8-15/h4-10,12-13H,11H2,1-3H3/q+1. The second kappa shape index (κ2) is 5.63. The zero-order valence-electron chi connectivity index (χ0n) is 11.2. The predicted molar refractivity (Wildman–Crippen MR) is 77.7 cm³/mol. The maximum Gasteiger partial charge on any atom is 0.163 e. The van der Waals surface area contributed by atoms with Crippen molar-refractivity contribution in [1.29, 1.82) is 0 Å². The maximum atomic E-state index is 4.48. The molecule has 1 aliphatic rings. The Morgan fingerprint density at radius 2 is 2.06 bits per heavy atom. The summed E-state index contributed by atoms with van der Waals surface area (Å²) in [5, 5.41) is 6.37. The number of anilines is 1. The summed E-state index contributed by atoms with van der Waals surface area (Å²) in [4.78, 5) is 0. The first-order valence-corrected chi connectivity index (χ1v) is 6.25. The number of hydrazone groups is 1. The van der Waals surface area contributed by atoms with Crippen molar-refractivity contribution in [3.05, 3.63) is 42.0 Å². The number of rotatable bonds is 3. The Kier molecular flexibility index (Phi) is 3.92. The van der Waals surface area contributed by atoms with Crippen molar-refractivity contribution in [2.75, 3.05) is 19.1 Å². The third-order valence-electron chi connectivity index (χ3n) is 3.28. The number of hydrogen-bond acceptors (Lipinski definition) is 2. The fourth-order valence-corrected chi connectivity index (χ4v) is 1.88. The van der Waals surface area contributed by atoms with Gasteiger partial charge in [0.1, 0.15) is 7.05 Å². The van der Waals surface area contributed by atoms with Gasteiger partial charge in [-0.15, -0.1) is 0 Å². The van der Waals surface area contributed by atoms with Gasteiger partial charge in [0.2, 0.25) is 0 Å². The van der Waals surface area contributed by atoms with Crippen LogP contribution in [-0.4, -0.2) is 37.1 Å². The maximum absolute atomic E-state index is 4.48. The molecule has 0 aromatic heterocycles. The molecule has 1 unspecified atom stereocenters. The zero-order chi connectivity index (χ0) is 13.0. The molecule has 3 nitrogen and oxygen atoms in total. The minimum absolute atomic E-state index is 0.540. The topological polar surface area (TPSA) is 18.6 Å². The summed E-state index contributed by atoms with van der Waals surface area (Å²) in [6, 6.07) is 10.7. The molecular formula is C15H20N3+. The summed E-state index contributed by atoms with van der Waals surface area (Å²) in [5.41, 5.74) is 2.36. The van der Waals surface area contributed by atoms with Crippen molar-refractivity contribution in [3.8, 4) is 0 Å². The highest BCUT2D eigenvalue weighted by Gasteiger charge is 2.15. The molecule has 1 aromatic rings. The molecule has 0 radical (unpaired) electrons. The molecule has 1 aromatic carbocycles. The van der Waals surface area contributed by atoms with Crippen LogP contribution < -0.4 is 5.01 Å². The van der Waals surface area contributed by atoms with Crippen LogP contribution in [0.2, 0.25) is 0 Å². The van der Waals surface area contributed by atoms with Crippen LogP contribution in [-0.2, 0) is 0 Å². The molecule has 0 aliphatic carbocycles. The lowest BCUT2D eigenvalue weighted by Crippen LogP contribution is -2.24. The van der Waals surface area contributed by atoms with Crippen molar-refractivity contribution in [2.45, 2.75) is 19.4 Å². The van der Waals surface area contributed by atoms with Gasteiger partial charge >= 0.3 is 0 Å². The molecule has 2 rings (SSSR count). The summed E-state index contributed by atoms with van der Waals surface area (Å²) in [6.07, 6.45) is 7.23. The van der Waals surface area contributed by atoms with E-state index >= 15 is 0 Å². The van der Waals surface area contributed by atoms with Crippen molar-refractivity contribution in [3.63, 3.8) is 0 Å². The first-order chi connectivity index (χ1) is 8.66. The Balaban J connectivity index is 2.04. The van der Waals surface area contributed by atoms with Crippen molar-refractivity contribution >= 4 is 18.1 Å². The summed E-state index contributed by atoms with van der Waals surface area (Å²) in [7, 11) is 4.07. The van der Waals surface area contributed by atoms with Crippen LogP contribution in [0.3, 0.4) is 0 Å². The normalized spacial score (nSPS) is 19.6. The van der Waals surface area contributed by atoms with Gasteiger partial charge in [-0.2, -0.15) is 5.10 Å². The van der Waals surface area contributed by atoms with Gasteiger partial charge in [0.05, 0.1) is 11.9 Å². The van der Waals surface area contributed by atoms with Crippen LogP contribution in [0.25, 0.3) is 0 Å². The van der Waals surface area contributed by atoms with Gasteiger partial charge in [0.25, 0.3) is 0 Å². The minimum Gasteiger partial charge on any atom is -0.269 e. The first-order valence-electron chi connectivity index (χ1n) is 6.25. The second-order valence-electron chi connectivity index (χ2n) is 4.71. The Morgan fingerprint density at radius 1 is 1.33 bits per heavy atom. The van der Waals surface area contributed by atoms with E-state index in [-0.39, 0.29) is 0 Å². The zero-order valence-corrected chi connectivity index (χ0v) is 11.2. The molecule has 1 heterocycles. The molecule has 0 amide bonds. The SMILES string of the molecule is CC1CC(/C=N/N(C)c2ccccc2)=CC=[N+]1C. The molecule has 0 bridgehead atoms. The van der Waals surface area contributed by atoms with Crippen LogP contribution in [0.4, 0.5) is 5.69 Å². The fourth-order valence-electron chi connectivity index (χ4n) is 1.88. The van der Waals surface area contributed by atoms with Gasteiger partial charge in [0, 0.05) is 19.5 Å². The number of benzene rings is 1. The van der Waals surface area contributed by atoms with Crippen LogP contribution in [0.1, 0.15) is 13.3 Å². The first kappa shape index (κ1) is 12.6. The lowest BCUT2D eigenvalue weighted by atomic mass is 10.1. The van der Waals surface area contributed by atoms with E-state index in [1.54, 1.807) is 0 Å². The largest absolute Gasteiger partial charge is 0.269 e. The minimum atomic E-state index is 0.540. The summed E-state index contributed by atoms with van der Waals surface area (Å²) in [5.74, 6) is 0. The van der Waals surface area contributed by atoms with E-state index in [1.807, 2.05) is 36.5 Å². The number of allylic oxidation sites excluding steroid dienone is 1. The van der Waals surface area contributed by atoms with E-state index in [4.69, 9.17) is 0 Å². The lowest BCUT2D eigenvalue weighted by molar-refractivity contribution is -0.529. The third kappa shape index (κ3) is 3.06. The molecule has 0 N–H and O–H groups in total. The molecule has 1 aliphatic heterocycles. The molecule has 3 heteroatoms. The Labute approximate surface area is 109 Å². The quantitative estimate of drug-likeness (QED) is 0.453. The van der Waals surface area contributed by atoms with E-state index in [1.165, 1.54) is 5.57 Å². The molecule has 0 spiro atoms. The molecule has 0 saturated heterocycles. The number of para-hydroxylation sites is 1. The second-order valence-corrected chi connectivity index (χ2v) is 4.71.